The number of sulfonamides is 1. The van der Waals surface area contributed by atoms with E-state index >= 15 is 0 Å². The minimum Gasteiger partial charge on any atom is -0.336 e. The van der Waals surface area contributed by atoms with Crippen molar-refractivity contribution in [2.24, 2.45) is 0 Å². The number of nitrogens with zero attached hydrogens (tertiary/aromatic N) is 3. The molecule has 1 aromatic carbocycles. The largest absolute Gasteiger partial charge is 0.336 e. The number of carbonyl (C=O) groups is 1. The molecule has 2 aromatic rings. The van der Waals surface area contributed by atoms with Crippen LogP contribution in [0.4, 0.5) is 4.39 Å². The van der Waals surface area contributed by atoms with E-state index in [1.807, 2.05) is 0 Å². The third kappa shape index (κ3) is 3.83. The number of pyridine rings is 1. The van der Waals surface area contributed by atoms with E-state index in [9.17, 15) is 17.6 Å². The number of carbonyl (C=O) groups excluding carboxylic acids is 1. The minimum absolute atomic E-state index is 0.106. The molecule has 0 bridgehead atoms. The molecule has 0 unspecified atom stereocenters. The van der Waals surface area contributed by atoms with Crippen LogP contribution in [0, 0.1) is 5.82 Å². The van der Waals surface area contributed by atoms with Crippen molar-refractivity contribution in [2.75, 3.05) is 26.2 Å². The minimum atomic E-state index is -3.81. The average Bonchev–Trinajstić information content (AvgIpc) is 2.63. The Hall–Kier alpha value is -1.74. The lowest BCUT2D eigenvalue weighted by atomic mass is 10.2. The van der Waals surface area contributed by atoms with Crippen molar-refractivity contribution in [3.05, 3.63) is 58.1 Å². The monoisotopic (exact) mass is 417 g/mol. The van der Waals surface area contributed by atoms with Gasteiger partial charge in [-0.3, -0.25) is 4.79 Å². The SMILES string of the molecule is O=C(c1cnc(Cl)c(Cl)c1)N1CCN(S(=O)(=O)c2cccc(F)c2)CC1. The second-order valence-electron chi connectivity index (χ2n) is 5.65. The summed E-state index contributed by atoms with van der Waals surface area (Å²) in [5.74, 6) is -0.925. The van der Waals surface area contributed by atoms with Crippen molar-refractivity contribution < 1.29 is 17.6 Å². The number of piperazine rings is 1. The van der Waals surface area contributed by atoms with Gasteiger partial charge in [-0.1, -0.05) is 29.3 Å². The van der Waals surface area contributed by atoms with Gasteiger partial charge < -0.3 is 4.90 Å². The fourth-order valence-corrected chi connectivity index (χ4v) is 4.35. The van der Waals surface area contributed by atoms with Gasteiger partial charge in [0.15, 0.2) is 0 Å². The summed E-state index contributed by atoms with van der Waals surface area (Å²) in [6.45, 7) is 0.625. The maximum Gasteiger partial charge on any atom is 0.255 e. The van der Waals surface area contributed by atoms with Crippen LogP contribution in [0.25, 0.3) is 0 Å². The standard InChI is InChI=1S/C16H14Cl2FN3O3S/c17-14-8-11(10-20-15(14)18)16(23)21-4-6-22(7-5-21)26(24,25)13-3-1-2-12(19)9-13/h1-3,8-10H,4-7H2. The van der Waals surface area contributed by atoms with Crippen LogP contribution in [0.15, 0.2) is 41.4 Å². The molecule has 0 aliphatic carbocycles. The van der Waals surface area contributed by atoms with E-state index in [0.717, 1.165) is 6.07 Å². The fourth-order valence-electron chi connectivity index (χ4n) is 2.63. The second kappa shape index (κ2) is 7.48. The van der Waals surface area contributed by atoms with Crippen molar-refractivity contribution >= 4 is 39.1 Å². The first-order valence-corrected chi connectivity index (χ1v) is 9.84. The second-order valence-corrected chi connectivity index (χ2v) is 8.35. The third-order valence-corrected chi connectivity index (χ3v) is 6.58. The Morgan fingerprint density at radius 1 is 1.12 bits per heavy atom. The van der Waals surface area contributed by atoms with Gasteiger partial charge in [-0.05, 0) is 24.3 Å². The number of hydrogen-bond acceptors (Lipinski definition) is 4. The van der Waals surface area contributed by atoms with Crippen LogP contribution in [-0.2, 0) is 10.0 Å². The number of amides is 1. The van der Waals surface area contributed by atoms with Gasteiger partial charge in [-0.15, -0.1) is 0 Å². The molecule has 0 radical (unpaired) electrons. The Labute approximate surface area is 160 Å². The summed E-state index contributed by atoms with van der Waals surface area (Å²) in [6.07, 6.45) is 1.33. The van der Waals surface area contributed by atoms with E-state index in [2.05, 4.69) is 4.98 Å². The van der Waals surface area contributed by atoms with Gasteiger partial charge in [0.2, 0.25) is 10.0 Å². The Kier molecular flexibility index (Phi) is 5.47. The molecule has 0 saturated carbocycles. The van der Waals surface area contributed by atoms with E-state index in [1.165, 1.54) is 39.7 Å². The Morgan fingerprint density at radius 2 is 1.81 bits per heavy atom. The molecule has 0 atom stereocenters. The Bertz CT molecular complexity index is 948. The van der Waals surface area contributed by atoms with Crippen LogP contribution in [-0.4, -0.2) is 54.7 Å². The number of hydrogen-bond donors (Lipinski definition) is 0. The van der Waals surface area contributed by atoms with Gasteiger partial charge in [0.1, 0.15) is 11.0 Å². The Balaban J connectivity index is 1.70. The van der Waals surface area contributed by atoms with Gasteiger partial charge in [0.25, 0.3) is 5.91 Å². The van der Waals surface area contributed by atoms with E-state index < -0.39 is 15.8 Å². The van der Waals surface area contributed by atoms with Crippen LogP contribution < -0.4 is 0 Å². The first kappa shape index (κ1) is 19.0. The topological polar surface area (TPSA) is 70.6 Å². The van der Waals surface area contributed by atoms with Crippen LogP contribution in [0.1, 0.15) is 10.4 Å². The van der Waals surface area contributed by atoms with Gasteiger partial charge in [-0.2, -0.15) is 4.31 Å². The van der Waals surface area contributed by atoms with Gasteiger partial charge in [0.05, 0.1) is 15.5 Å². The maximum atomic E-state index is 13.3. The number of rotatable bonds is 3. The van der Waals surface area contributed by atoms with Crippen molar-refractivity contribution in [3.8, 4) is 0 Å². The predicted octanol–water partition coefficient (Wildman–Crippen LogP) is 2.67. The van der Waals surface area contributed by atoms with Crippen LogP contribution >= 0.6 is 23.2 Å². The summed E-state index contributed by atoms with van der Waals surface area (Å²) in [7, 11) is -3.81. The van der Waals surface area contributed by atoms with Crippen molar-refractivity contribution in [1.82, 2.24) is 14.2 Å². The molecule has 26 heavy (non-hydrogen) atoms. The number of benzene rings is 1. The van der Waals surface area contributed by atoms with Crippen LogP contribution in [0.3, 0.4) is 0 Å². The molecule has 1 saturated heterocycles. The molecule has 1 aliphatic heterocycles. The fraction of sp³-hybridized carbons (Fsp3) is 0.250. The van der Waals surface area contributed by atoms with E-state index in [-0.39, 0.29) is 52.7 Å². The highest BCUT2D eigenvalue weighted by Crippen LogP contribution is 2.22. The highest BCUT2D eigenvalue weighted by Gasteiger charge is 2.30. The summed E-state index contributed by atoms with van der Waals surface area (Å²) in [5, 5.41) is 0.277. The smallest absolute Gasteiger partial charge is 0.255 e. The molecule has 0 N–H and O–H groups in total. The normalized spacial score (nSPS) is 15.9. The zero-order valence-corrected chi connectivity index (χ0v) is 15.7. The summed E-state index contributed by atoms with van der Waals surface area (Å²) in [4.78, 5) is 17.7. The summed E-state index contributed by atoms with van der Waals surface area (Å²) >= 11 is 11.6. The molecule has 10 heteroatoms. The molecular formula is C16H14Cl2FN3O3S. The summed E-state index contributed by atoms with van der Waals surface area (Å²) in [6, 6.07) is 6.28. The first-order valence-electron chi connectivity index (χ1n) is 7.65. The van der Waals surface area contributed by atoms with Crippen LogP contribution in [0.5, 0.6) is 0 Å². The van der Waals surface area contributed by atoms with E-state index in [4.69, 9.17) is 23.2 Å². The molecule has 3 rings (SSSR count). The molecule has 1 amide bonds. The summed E-state index contributed by atoms with van der Waals surface area (Å²) in [5.41, 5.74) is 0.279. The molecule has 6 nitrogen and oxygen atoms in total. The van der Waals surface area contributed by atoms with Gasteiger partial charge >= 0.3 is 0 Å². The molecule has 1 aliphatic rings. The maximum absolute atomic E-state index is 13.3. The molecule has 138 valence electrons. The predicted molar refractivity (Wildman–Crippen MR) is 95.3 cm³/mol. The zero-order chi connectivity index (χ0) is 18.9. The quantitative estimate of drug-likeness (QED) is 0.719. The van der Waals surface area contributed by atoms with Gasteiger partial charge in [0, 0.05) is 32.4 Å². The summed E-state index contributed by atoms with van der Waals surface area (Å²) < 4.78 is 39.7. The number of aromatic nitrogens is 1. The first-order chi connectivity index (χ1) is 12.3. The highest BCUT2D eigenvalue weighted by atomic mass is 35.5. The molecule has 2 heterocycles. The van der Waals surface area contributed by atoms with Crippen molar-refractivity contribution in [1.29, 1.82) is 0 Å². The molecule has 1 aromatic heterocycles. The zero-order valence-electron chi connectivity index (χ0n) is 13.4. The van der Waals surface area contributed by atoms with Crippen molar-refractivity contribution in [3.63, 3.8) is 0 Å². The van der Waals surface area contributed by atoms with E-state index in [1.54, 1.807) is 0 Å². The lowest BCUT2D eigenvalue weighted by molar-refractivity contribution is 0.0697. The van der Waals surface area contributed by atoms with Crippen LogP contribution in [0.2, 0.25) is 10.2 Å². The lowest BCUT2D eigenvalue weighted by Gasteiger charge is -2.34. The number of halogens is 3. The van der Waals surface area contributed by atoms with Crippen molar-refractivity contribution in [2.45, 2.75) is 4.90 Å². The van der Waals surface area contributed by atoms with E-state index in [0.29, 0.717) is 0 Å². The average molecular weight is 418 g/mol. The third-order valence-electron chi connectivity index (χ3n) is 4.00. The molecule has 0 spiro atoms. The van der Waals surface area contributed by atoms with Gasteiger partial charge in [-0.25, -0.2) is 17.8 Å². The Morgan fingerprint density at radius 3 is 2.42 bits per heavy atom. The lowest BCUT2D eigenvalue weighted by Crippen LogP contribution is -2.50. The molecule has 1 fully saturated rings. The highest BCUT2D eigenvalue weighted by molar-refractivity contribution is 7.89. The molecular weight excluding hydrogens is 404 g/mol.